The molecule has 1 N–H and O–H groups in total. The monoisotopic (exact) mass is 251 g/mol. The van der Waals surface area contributed by atoms with Gasteiger partial charge in [0.1, 0.15) is 12.0 Å². The van der Waals surface area contributed by atoms with Crippen molar-refractivity contribution in [3.05, 3.63) is 36.2 Å². The first kappa shape index (κ1) is 12.2. The molecule has 0 saturated heterocycles. The van der Waals surface area contributed by atoms with Crippen LogP contribution in [-0.2, 0) is 0 Å². The normalized spacial score (nSPS) is 10.2. The van der Waals surface area contributed by atoms with Crippen molar-refractivity contribution in [2.45, 2.75) is 0 Å². The summed E-state index contributed by atoms with van der Waals surface area (Å²) in [6, 6.07) is 3.55. The summed E-state index contributed by atoms with van der Waals surface area (Å²) >= 11 is 0. The van der Waals surface area contributed by atoms with Crippen LogP contribution in [0, 0.1) is 11.6 Å². The van der Waals surface area contributed by atoms with Gasteiger partial charge in [-0.25, -0.2) is 18.7 Å². The Labute approximate surface area is 103 Å². The van der Waals surface area contributed by atoms with Gasteiger partial charge in [0, 0.05) is 12.6 Å². The van der Waals surface area contributed by atoms with Crippen molar-refractivity contribution in [3.8, 4) is 17.0 Å². The third kappa shape index (κ3) is 2.09. The number of hydrogen-bond acceptors (Lipinski definition) is 4. The summed E-state index contributed by atoms with van der Waals surface area (Å²) in [6.45, 7) is 0. The standard InChI is InChI=1S/C12H11F2N3O/c1-15-12-11(18-2)10(16-6-17-12)7-3-4-8(13)9(14)5-7/h3-6H,1-2H3,(H,15,16,17). The van der Waals surface area contributed by atoms with Gasteiger partial charge in [-0.3, -0.25) is 0 Å². The summed E-state index contributed by atoms with van der Waals surface area (Å²) in [7, 11) is 3.14. The maximum absolute atomic E-state index is 13.2. The van der Waals surface area contributed by atoms with E-state index in [9.17, 15) is 8.78 Å². The molecule has 0 fully saturated rings. The van der Waals surface area contributed by atoms with Crippen LogP contribution in [0.4, 0.5) is 14.6 Å². The number of methoxy groups -OCH3 is 1. The molecule has 6 heteroatoms. The molecule has 2 rings (SSSR count). The minimum absolute atomic E-state index is 0.381. The Kier molecular flexibility index (Phi) is 3.36. The van der Waals surface area contributed by atoms with Crippen molar-refractivity contribution in [2.75, 3.05) is 19.5 Å². The van der Waals surface area contributed by atoms with E-state index in [4.69, 9.17) is 4.74 Å². The van der Waals surface area contributed by atoms with Crippen LogP contribution in [-0.4, -0.2) is 24.1 Å². The van der Waals surface area contributed by atoms with Crippen molar-refractivity contribution in [1.82, 2.24) is 9.97 Å². The lowest BCUT2D eigenvalue weighted by Gasteiger charge is -2.11. The fraction of sp³-hybridized carbons (Fsp3) is 0.167. The van der Waals surface area contributed by atoms with Crippen molar-refractivity contribution in [2.24, 2.45) is 0 Å². The number of halogens is 2. The summed E-state index contributed by atoms with van der Waals surface area (Å²) in [5.74, 6) is -0.974. The van der Waals surface area contributed by atoms with E-state index in [1.54, 1.807) is 7.05 Å². The van der Waals surface area contributed by atoms with Gasteiger partial charge in [0.05, 0.1) is 7.11 Å². The highest BCUT2D eigenvalue weighted by Crippen LogP contribution is 2.33. The smallest absolute Gasteiger partial charge is 0.187 e. The van der Waals surface area contributed by atoms with Gasteiger partial charge in [-0.2, -0.15) is 0 Å². The number of ether oxygens (including phenoxy) is 1. The zero-order chi connectivity index (χ0) is 13.1. The molecule has 0 unspecified atom stereocenters. The van der Waals surface area contributed by atoms with Crippen molar-refractivity contribution < 1.29 is 13.5 Å². The Bertz CT molecular complexity index is 575. The maximum Gasteiger partial charge on any atom is 0.187 e. The molecule has 4 nitrogen and oxygen atoms in total. The number of anilines is 1. The van der Waals surface area contributed by atoms with Gasteiger partial charge >= 0.3 is 0 Å². The van der Waals surface area contributed by atoms with Gasteiger partial charge < -0.3 is 10.1 Å². The molecule has 0 aliphatic carbocycles. The SMILES string of the molecule is CNc1ncnc(-c2ccc(F)c(F)c2)c1OC. The van der Waals surface area contributed by atoms with Crippen molar-refractivity contribution >= 4 is 5.82 Å². The van der Waals surface area contributed by atoms with E-state index in [1.807, 2.05) is 0 Å². The average Bonchev–Trinajstić information content (AvgIpc) is 2.40. The Morgan fingerprint density at radius 1 is 1.17 bits per heavy atom. The van der Waals surface area contributed by atoms with Crippen LogP contribution >= 0.6 is 0 Å². The second-order valence-electron chi connectivity index (χ2n) is 3.48. The summed E-state index contributed by atoms with van der Waals surface area (Å²) in [5, 5.41) is 2.84. The van der Waals surface area contributed by atoms with E-state index in [0.29, 0.717) is 22.8 Å². The molecule has 18 heavy (non-hydrogen) atoms. The predicted molar refractivity (Wildman–Crippen MR) is 63.5 cm³/mol. The lowest BCUT2D eigenvalue weighted by molar-refractivity contribution is 0.415. The fourth-order valence-electron chi connectivity index (χ4n) is 1.59. The molecule has 0 saturated carbocycles. The van der Waals surface area contributed by atoms with Crippen LogP contribution in [0.2, 0.25) is 0 Å². The van der Waals surface area contributed by atoms with E-state index in [-0.39, 0.29) is 0 Å². The molecule has 1 heterocycles. The lowest BCUT2D eigenvalue weighted by atomic mass is 10.1. The molecule has 0 radical (unpaired) electrons. The van der Waals surface area contributed by atoms with Gasteiger partial charge in [-0.1, -0.05) is 0 Å². The Morgan fingerprint density at radius 2 is 1.94 bits per heavy atom. The number of rotatable bonds is 3. The predicted octanol–water partition coefficient (Wildman–Crippen LogP) is 2.47. The molecule has 1 aromatic heterocycles. The zero-order valence-corrected chi connectivity index (χ0v) is 9.87. The zero-order valence-electron chi connectivity index (χ0n) is 9.87. The molecule has 2 aromatic rings. The summed E-state index contributed by atoms with van der Waals surface area (Å²) < 4.78 is 31.3. The lowest BCUT2D eigenvalue weighted by Crippen LogP contribution is -2.00. The molecule has 0 spiro atoms. The highest BCUT2D eigenvalue weighted by Gasteiger charge is 2.14. The average molecular weight is 251 g/mol. The first-order valence-corrected chi connectivity index (χ1v) is 5.19. The second kappa shape index (κ2) is 4.95. The molecule has 0 bridgehead atoms. The summed E-state index contributed by atoms with van der Waals surface area (Å²) in [5.41, 5.74) is 0.820. The van der Waals surface area contributed by atoms with Crippen LogP contribution in [0.15, 0.2) is 24.5 Å². The van der Waals surface area contributed by atoms with Gasteiger partial charge in [-0.15, -0.1) is 0 Å². The Hall–Kier alpha value is -2.24. The number of hydrogen-bond donors (Lipinski definition) is 1. The van der Waals surface area contributed by atoms with E-state index in [1.165, 1.54) is 19.5 Å². The van der Waals surface area contributed by atoms with E-state index in [2.05, 4.69) is 15.3 Å². The van der Waals surface area contributed by atoms with E-state index < -0.39 is 11.6 Å². The third-order valence-corrected chi connectivity index (χ3v) is 2.44. The van der Waals surface area contributed by atoms with Crippen LogP contribution in [0.1, 0.15) is 0 Å². The molecule has 0 aliphatic rings. The minimum atomic E-state index is -0.931. The summed E-state index contributed by atoms with van der Waals surface area (Å²) in [6.07, 6.45) is 1.32. The van der Waals surface area contributed by atoms with Gasteiger partial charge in [-0.05, 0) is 18.2 Å². The topological polar surface area (TPSA) is 47.0 Å². The van der Waals surface area contributed by atoms with Crippen molar-refractivity contribution in [1.29, 1.82) is 0 Å². The van der Waals surface area contributed by atoms with Gasteiger partial charge in [0.25, 0.3) is 0 Å². The molecule has 94 valence electrons. The van der Waals surface area contributed by atoms with Crippen LogP contribution in [0.25, 0.3) is 11.3 Å². The largest absolute Gasteiger partial charge is 0.491 e. The molecular weight excluding hydrogens is 240 g/mol. The summed E-state index contributed by atoms with van der Waals surface area (Å²) in [4.78, 5) is 8.01. The van der Waals surface area contributed by atoms with Gasteiger partial charge in [0.2, 0.25) is 0 Å². The first-order valence-electron chi connectivity index (χ1n) is 5.19. The fourth-order valence-corrected chi connectivity index (χ4v) is 1.59. The van der Waals surface area contributed by atoms with E-state index >= 15 is 0 Å². The highest BCUT2D eigenvalue weighted by atomic mass is 19.2. The second-order valence-corrected chi connectivity index (χ2v) is 3.48. The van der Waals surface area contributed by atoms with Crippen LogP contribution in [0.3, 0.4) is 0 Å². The first-order chi connectivity index (χ1) is 8.67. The van der Waals surface area contributed by atoms with E-state index in [0.717, 1.165) is 12.1 Å². The highest BCUT2D eigenvalue weighted by molar-refractivity contribution is 5.72. The Balaban J connectivity index is 2.59. The number of benzene rings is 1. The number of aromatic nitrogens is 2. The van der Waals surface area contributed by atoms with Crippen LogP contribution in [0.5, 0.6) is 5.75 Å². The molecule has 0 aliphatic heterocycles. The molecule has 0 atom stereocenters. The molecular formula is C12H11F2N3O. The number of nitrogens with one attached hydrogen (secondary N) is 1. The van der Waals surface area contributed by atoms with Crippen molar-refractivity contribution in [3.63, 3.8) is 0 Å². The van der Waals surface area contributed by atoms with Crippen LogP contribution < -0.4 is 10.1 Å². The minimum Gasteiger partial charge on any atom is -0.491 e. The number of nitrogens with zero attached hydrogens (tertiary/aromatic N) is 2. The quantitative estimate of drug-likeness (QED) is 0.910. The molecule has 1 aromatic carbocycles. The Morgan fingerprint density at radius 3 is 2.56 bits per heavy atom. The molecule has 0 amide bonds. The third-order valence-electron chi connectivity index (χ3n) is 2.44. The maximum atomic E-state index is 13.2. The van der Waals surface area contributed by atoms with Gasteiger partial charge in [0.15, 0.2) is 23.2 Å².